The molecule has 1 aromatic heterocycles. The lowest BCUT2D eigenvalue weighted by molar-refractivity contribution is 0.0953. The number of carbonyl (C=O) groups excluding carboxylic acids is 1. The quantitative estimate of drug-likeness (QED) is 0.688. The highest BCUT2D eigenvalue weighted by atomic mass is 16.5. The highest BCUT2D eigenvalue weighted by Gasteiger charge is 2.11. The number of hydrogen-bond donors (Lipinski definition) is 2. The summed E-state index contributed by atoms with van der Waals surface area (Å²) in [5.74, 6) is 0.996. The van der Waals surface area contributed by atoms with Crippen molar-refractivity contribution in [2.45, 2.75) is 20.0 Å². The van der Waals surface area contributed by atoms with Crippen LogP contribution in [-0.2, 0) is 6.61 Å². The van der Waals surface area contributed by atoms with Crippen molar-refractivity contribution >= 4 is 5.91 Å². The zero-order valence-electron chi connectivity index (χ0n) is 13.8. The van der Waals surface area contributed by atoms with Gasteiger partial charge in [0.1, 0.15) is 6.61 Å². The molecule has 24 heavy (non-hydrogen) atoms. The predicted octanol–water partition coefficient (Wildman–Crippen LogP) is 2.14. The van der Waals surface area contributed by atoms with Gasteiger partial charge >= 0.3 is 0 Å². The van der Waals surface area contributed by atoms with Crippen LogP contribution in [0.3, 0.4) is 0 Å². The van der Waals surface area contributed by atoms with Gasteiger partial charge in [-0.05, 0) is 44.2 Å². The van der Waals surface area contributed by atoms with E-state index >= 15 is 0 Å². The van der Waals surface area contributed by atoms with E-state index in [4.69, 9.17) is 15.2 Å². The van der Waals surface area contributed by atoms with Gasteiger partial charge in [0.2, 0.25) is 0 Å². The molecule has 0 unspecified atom stereocenters. The molecule has 0 saturated carbocycles. The predicted molar refractivity (Wildman–Crippen MR) is 92.2 cm³/mol. The third kappa shape index (κ3) is 5.24. The maximum Gasteiger partial charge on any atom is 0.251 e. The number of amides is 1. The fraction of sp³-hybridized carbons (Fsp3) is 0.333. The van der Waals surface area contributed by atoms with E-state index in [0.717, 1.165) is 12.0 Å². The number of pyridine rings is 1. The van der Waals surface area contributed by atoms with Crippen molar-refractivity contribution in [2.24, 2.45) is 5.73 Å². The Hall–Kier alpha value is -2.60. The van der Waals surface area contributed by atoms with Crippen LogP contribution < -0.4 is 20.5 Å². The third-order valence-corrected chi connectivity index (χ3v) is 3.29. The Morgan fingerprint density at radius 1 is 1.25 bits per heavy atom. The summed E-state index contributed by atoms with van der Waals surface area (Å²) >= 11 is 0. The average Bonchev–Trinajstić information content (AvgIpc) is 2.62. The van der Waals surface area contributed by atoms with E-state index in [1.807, 2.05) is 19.1 Å². The molecule has 128 valence electrons. The highest BCUT2D eigenvalue weighted by Crippen LogP contribution is 2.29. The Labute approximate surface area is 142 Å². The van der Waals surface area contributed by atoms with Gasteiger partial charge in [0, 0.05) is 30.1 Å². The molecule has 0 aliphatic rings. The number of hydrogen-bond acceptors (Lipinski definition) is 5. The van der Waals surface area contributed by atoms with Gasteiger partial charge < -0.3 is 20.5 Å². The second-order valence-electron chi connectivity index (χ2n) is 5.14. The summed E-state index contributed by atoms with van der Waals surface area (Å²) in [6.07, 6.45) is 4.21. The van der Waals surface area contributed by atoms with Crippen LogP contribution in [0.5, 0.6) is 11.5 Å². The second kappa shape index (κ2) is 9.52. The van der Waals surface area contributed by atoms with Crippen LogP contribution in [0.1, 0.15) is 29.3 Å². The first-order valence-corrected chi connectivity index (χ1v) is 8.01. The molecular weight excluding hydrogens is 306 g/mol. The van der Waals surface area contributed by atoms with Gasteiger partial charge in [-0.1, -0.05) is 6.07 Å². The van der Waals surface area contributed by atoms with E-state index in [1.165, 1.54) is 0 Å². The van der Waals surface area contributed by atoms with Crippen LogP contribution in [0.25, 0.3) is 0 Å². The summed E-state index contributed by atoms with van der Waals surface area (Å²) in [6.45, 7) is 3.86. The van der Waals surface area contributed by atoms with Gasteiger partial charge in [0.15, 0.2) is 11.5 Å². The summed E-state index contributed by atoms with van der Waals surface area (Å²) in [6, 6.07) is 8.96. The fourth-order valence-corrected chi connectivity index (χ4v) is 2.09. The van der Waals surface area contributed by atoms with E-state index in [-0.39, 0.29) is 5.91 Å². The molecule has 6 heteroatoms. The molecule has 0 aliphatic carbocycles. The van der Waals surface area contributed by atoms with E-state index in [1.54, 1.807) is 30.6 Å². The molecule has 0 aliphatic heterocycles. The van der Waals surface area contributed by atoms with Crippen molar-refractivity contribution < 1.29 is 14.3 Å². The van der Waals surface area contributed by atoms with Gasteiger partial charge in [-0.2, -0.15) is 0 Å². The number of benzene rings is 1. The van der Waals surface area contributed by atoms with Crippen LogP contribution in [0, 0.1) is 0 Å². The zero-order valence-corrected chi connectivity index (χ0v) is 13.8. The van der Waals surface area contributed by atoms with Gasteiger partial charge in [-0.25, -0.2) is 0 Å². The molecule has 2 aromatic rings. The lowest BCUT2D eigenvalue weighted by Crippen LogP contribution is -2.25. The fourth-order valence-electron chi connectivity index (χ4n) is 2.09. The summed E-state index contributed by atoms with van der Waals surface area (Å²) in [7, 11) is 0. The zero-order chi connectivity index (χ0) is 17.2. The second-order valence-corrected chi connectivity index (χ2v) is 5.14. The number of carbonyl (C=O) groups is 1. The van der Waals surface area contributed by atoms with Crippen LogP contribution in [-0.4, -0.2) is 30.6 Å². The molecule has 1 heterocycles. The molecule has 6 nitrogen and oxygen atoms in total. The Morgan fingerprint density at radius 3 is 2.83 bits per heavy atom. The van der Waals surface area contributed by atoms with Gasteiger partial charge in [0.25, 0.3) is 5.91 Å². The van der Waals surface area contributed by atoms with Crippen LogP contribution in [0.2, 0.25) is 0 Å². The number of rotatable bonds is 9. The highest BCUT2D eigenvalue weighted by molar-refractivity contribution is 5.94. The molecule has 0 saturated heterocycles. The number of nitrogens with two attached hydrogens (primary N) is 1. The first-order chi connectivity index (χ1) is 11.7. The Bertz CT molecular complexity index is 647. The molecule has 1 amide bonds. The van der Waals surface area contributed by atoms with Crippen molar-refractivity contribution in [3.8, 4) is 11.5 Å². The lowest BCUT2D eigenvalue weighted by Gasteiger charge is -2.13. The largest absolute Gasteiger partial charge is 0.490 e. The minimum atomic E-state index is -0.150. The third-order valence-electron chi connectivity index (χ3n) is 3.29. The SMILES string of the molecule is CCOc1cc(C(=O)NCCCN)ccc1OCc1cccnc1. The number of aromatic nitrogens is 1. The normalized spacial score (nSPS) is 10.2. The number of nitrogens with zero attached hydrogens (tertiary/aromatic N) is 1. The first-order valence-electron chi connectivity index (χ1n) is 8.01. The maximum absolute atomic E-state index is 12.1. The van der Waals surface area contributed by atoms with Crippen molar-refractivity contribution in [3.63, 3.8) is 0 Å². The molecule has 2 rings (SSSR count). The van der Waals surface area contributed by atoms with Crippen molar-refractivity contribution in [1.29, 1.82) is 0 Å². The van der Waals surface area contributed by atoms with Crippen molar-refractivity contribution in [1.82, 2.24) is 10.3 Å². The topological polar surface area (TPSA) is 86.5 Å². The summed E-state index contributed by atoms with van der Waals surface area (Å²) in [5, 5.41) is 2.82. The number of nitrogens with one attached hydrogen (secondary N) is 1. The Kier molecular flexibility index (Phi) is 7.04. The minimum absolute atomic E-state index is 0.150. The lowest BCUT2D eigenvalue weighted by atomic mass is 10.2. The number of ether oxygens (including phenoxy) is 2. The molecule has 0 atom stereocenters. The van der Waals surface area contributed by atoms with Crippen LogP contribution in [0.4, 0.5) is 0 Å². The minimum Gasteiger partial charge on any atom is -0.490 e. The Morgan fingerprint density at radius 2 is 2.12 bits per heavy atom. The summed E-state index contributed by atoms with van der Waals surface area (Å²) < 4.78 is 11.4. The molecule has 0 fully saturated rings. The first kappa shape index (κ1) is 17.7. The molecule has 0 spiro atoms. The molecule has 1 aromatic carbocycles. The smallest absolute Gasteiger partial charge is 0.251 e. The summed E-state index contributed by atoms with van der Waals surface area (Å²) in [5.41, 5.74) is 6.92. The molecule has 0 bridgehead atoms. The van der Waals surface area contributed by atoms with E-state index in [2.05, 4.69) is 10.3 Å². The molecule has 3 N–H and O–H groups in total. The van der Waals surface area contributed by atoms with E-state index in [0.29, 0.717) is 43.4 Å². The van der Waals surface area contributed by atoms with Gasteiger partial charge in [-0.15, -0.1) is 0 Å². The van der Waals surface area contributed by atoms with Crippen molar-refractivity contribution in [2.75, 3.05) is 19.7 Å². The molecule has 0 radical (unpaired) electrons. The van der Waals surface area contributed by atoms with E-state index in [9.17, 15) is 4.79 Å². The van der Waals surface area contributed by atoms with Gasteiger partial charge in [0.05, 0.1) is 6.61 Å². The summed E-state index contributed by atoms with van der Waals surface area (Å²) in [4.78, 5) is 16.2. The van der Waals surface area contributed by atoms with Crippen LogP contribution in [0.15, 0.2) is 42.7 Å². The monoisotopic (exact) mass is 329 g/mol. The van der Waals surface area contributed by atoms with Crippen LogP contribution >= 0.6 is 0 Å². The Balaban J connectivity index is 2.06. The standard InChI is InChI=1S/C18H23N3O3/c1-2-23-17-11-15(18(22)21-10-4-8-19)6-7-16(17)24-13-14-5-3-9-20-12-14/h3,5-7,9,11-12H,2,4,8,10,13,19H2,1H3,(H,21,22). The maximum atomic E-state index is 12.1. The van der Waals surface area contributed by atoms with E-state index < -0.39 is 0 Å². The molecular formula is C18H23N3O3. The average molecular weight is 329 g/mol. The van der Waals surface area contributed by atoms with Crippen molar-refractivity contribution in [3.05, 3.63) is 53.9 Å². The van der Waals surface area contributed by atoms with Gasteiger partial charge in [-0.3, -0.25) is 9.78 Å².